The van der Waals surface area contributed by atoms with E-state index in [-0.39, 0.29) is 11.9 Å². The third-order valence-corrected chi connectivity index (χ3v) is 4.30. The van der Waals surface area contributed by atoms with Gasteiger partial charge in [0.1, 0.15) is 11.0 Å². The highest BCUT2D eigenvalue weighted by atomic mass is 35.5. The van der Waals surface area contributed by atoms with Gasteiger partial charge in [-0.25, -0.2) is 4.98 Å². The molecule has 3 rings (SSSR count). The van der Waals surface area contributed by atoms with Gasteiger partial charge in [0.25, 0.3) is 5.91 Å². The lowest BCUT2D eigenvalue weighted by atomic mass is 10.1. The highest BCUT2D eigenvalue weighted by Gasteiger charge is 2.12. The van der Waals surface area contributed by atoms with Crippen molar-refractivity contribution in [1.29, 1.82) is 0 Å². The van der Waals surface area contributed by atoms with Crippen molar-refractivity contribution in [3.8, 4) is 0 Å². The second-order valence-corrected chi connectivity index (χ2v) is 6.63. The third-order valence-electron chi connectivity index (χ3n) is 4.12. The highest BCUT2D eigenvalue weighted by molar-refractivity contribution is 6.29. The van der Waals surface area contributed by atoms with Gasteiger partial charge in [-0.1, -0.05) is 29.8 Å². The Kier molecular flexibility index (Phi) is 5.57. The van der Waals surface area contributed by atoms with Crippen LogP contribution in [0, 0.1) is 6.92 Å². The molecule has 2 aromatic carbocycles. The molecule has 0 aliphatic rings. The lowest BCUT2D eigenvalue weighted by molar-refractivity contribution is 0.102. The number of nitrogen functional groups attached to an aromatic ring is 1. The van der Waals surface area contributed by atoms with Gasteiger partial charge in [-0.2, -0.15) is 0 Å². The summed E-state index contributed by atoms with van der Waals surface area (Å²) in [6.45, 7) is 3.87. The zero-order chi connectivity index (χ0) is 19.4. The van der Waals surface area contributed by atoms with E-state index in [4.69, 9.17) is 17.3 Å². The number of nitrogens with one attached hydrogen (secondary N) is 2. The summed E-state index contributed by atoms with van der Waals surface area (Å²) in [5, 5.41) is 6.49. The van der Waals surface area contributed by atoms with Crippen molar-refractivity contribution in [3.63, 3.8) is 0 Å². The number of nitrogens with zero attached hydrogens (tertiary/aromatic N) is 2. The predicted molar refractivity (Wildman–Crippen MR) is 109 cm³/mol. The Morgan fingerprint density at radius 2 is 2.00 bits per heavy atom. The van der Waals surface area contributed by atoms with Gasteiger partial charge < -0.3 is 16.4 Å². The first-order valence-corrected chi connectivity index (χ1v) is 8.81. The molecule has 4 N–H and O–H groups in total. The Labute approximate surface area is 162 Å². The number of rotatable bonds is 5. The zero-order valence-electron chi connectivity index (χ0n) is 15.0. The Morgan fingerprint density at radius 1 is 1.19 bits per heavy atom. The number of halogens is 1. The number of anilines is 3. The normalized spacial score (nSPS) is 11.7. The van der Waals surface area contributed by atoms with Crippen LogP contribution in [0.15, 0.2) is 54.9 Å². The van der Waals surface area contributed by atoms with Crippen molar-refractivity contribution in [2.75, 3.05) is 16.4 Å². The summed E-state index contributed by atoms with van der Waals surface area (Å²) in [6.07, 6.45) is 3.09. The fourth-order valence-corrected chi connectivity index (χ4v) is 2.83. The number of hydrogen-bond donors (Lipinski definition) is 3. The van der Waals surface area contributed by atoms with E-state index in [1.807, 2.05) is 44.2 Å². The summed E-state index contributed by atoms with van der Waals surface area (Å²) in [5.74, 6) is 0.387. The van der Waals surface area contributed by atoms with Gasteiger partial charge in [0.15, 0.2) is 0 Å². The summed E-state index contributed by atoms with van der Waals surface area (Å²) < 4.78 is 0. The van der Waals surface area contributed by atoms with Crippen molar-refractivity contribution >= 4 is 34.7 Å². The van der Waals surface area contributed by atoms with Crippen molar-refractivity contribution in [3.05, 3.63) is 76.7 Å². The fraction of sp³-hybridized carbons (Fsp3) is 0.150. The second-order valence-electron chi connectivity index (χ2n) is 6.25. The largest absolute Gasteiger partial charge is 0.399 e. The van der Waals surface area contributed by atoms with E-state index in [9.17, 15) is 4.79 Å². The van der Waals surface area contributed by atoms with Crippen LogP contribution in [-0.4, -0.2) is 15.9 Å². The number of benzene rings is 2. The van der Waals surface area contributed by atoms with Gasteiger partial charge in [0, 0.05) is 16.9 Å². The minimum Gasteiger partial charge on any atom is -0.399 e. The summed E-state index contributed by atoms with van der Waals surface area (Å²) in [7, 11) is 0. The Bertz CT molecular complexity index is 976. The lowest BCUT2D eigenvalue weighted by Gasteiger charge is -2.16. The Hall–Kier alpha value is -3.12. The molecule has 0 radical (unpaired) electrons. The maximum absolute atomic E-state index is 12.6. The SMILES string of the molecule is Cc1ccc(N)cc1C(=O)Nc1cccc([C@H](C)Nc2cncc(Cl)n2)c1. The molecular formula is C20H20ClN5O. The van der Waals surface area contributed by atoms with Crippen LogP contribution in [0.2, 0.25) is 5.15 Å². The molecule has 1 amide bonds. The quantitative estimate of drug-likeness (QED) is 0.568. The van der Waals surface area contributed by atoms with Gasteiger partial charge in [0.05, 0.1) is 18.4 Å². The average Bonchev–Trinajstić information content (AvgIpc) is 2.64. The van der Waals surface area contributed by atoms with E-state index in [0.717, 1.165) is 11.1 Å². The first kappa shape index (κ1) is 18.7. The smallest absolute Gasteiger partial charge is 0.256 e. The van der Waals surface area contributed by atoms with Crippen molar-refractivity contribution in [2.24, 2.45) is 0 Å². The molecule has 0 unspecified atom stereocenters. The number of nitrogens with two attached hydrogens (primary N) is 1. The number of aromatic nitrogens is 2. The molecule has 0 saturated heterocycles. The van der Waals surface area contributed by atoms with E-state index in [2.05, 4.69) is 20.6 Å². The maximum Gasteiger partial charge on any atom is 0.256 e. The van der Waals surface area contributed by atoms with Crippen LogP contribution in [0.5, 0.6) is 0 Å². The van der Waals surface area contributed by atoms with Gasteiger partial charge in [-0.15, -0.1) is 0 Å². The molecule has 0 aliphatic carbocycles. The lowest BCUT2D eigenvalue weighted by Crippen LogP contribution is -2.14. The third kappa shape index (κ3) is 4.74. The van der Waals surface area contributed by atoms with Crippen LogP contribution in [0.1, 0.15) is 34.5 Å². The molecule has 138 valence electrons. The van der Waals surface area contributed by atoms with E-state index < -0.39 is 0 Å². The number of carbonyl (C=O) groups excluding carboxylic acids is 1. The molecular weight excluding hydrogens is 362 g/mol. The molecule has 0 saturated carbocycles. The topological polar surface area (TPSA) is 92.9 Å². The summed E-state index contributed by atoms with van der Waals surface area (Å²) >= 11 is 5.87. The Morgan fingerprint density at radius 3 is 2.78 bits per heavy atom. The minimum absolute atomic E-state index is 0.0521. The van der Waals surface area contributed by atoms with Gasteiger partial charge in [-0.05, 0) is 49.2 Å². The van der Waals surface area contributed by atoms with Gasteiger partial charge >= 0.3 is 0 Å². The second kappa shape index (κ2) is 8.05. The van der Waals surface area contributed by atoms with Crippen molar-refractivity contribution in [1.82, 2.24) is 9.97 Å². The van der Waals surface area contributed by atoms with E-state index in [1.165, 1.54) is 6.20 Å². The first-order valence-electron chi connectivity index (χ1n) is 8.44. The van der Waals surface area contributed by atoms with Crippen LogP contribution in [0.4, 0.5) is 17.2 Å². The number of aryl methyl sites for hydroxylation is 1. The summed E-state index contributed by atoms with van der Waals surface area (Å²) in [4.78, 5) is 20.8. The molecule has 1 atom stereocenters. The standard InChI is InChI=1S/C20H20ClN5O/c1-12-6-7-15(22)9-17(12)20(27)25-16-5-3-4-14(8-16)13(2)24-19-11-23-10-18(21)26-19/h3-11,13H,22H2,1-2H3,(H,24,26)(H,25,27)/t13-/m0/s1. The van der Waals surface area contributed by atoms with Crippen LogP contribution < -0.4 is 16.4 Å². The Balaban J connectivity index is 1.75. The van der Waals surface area contributed by atoms with E-state index >= 15 is 0 Å². The molecule has 6 nitrogen and oxygen atoms in total. The fourth-order valence-electron chi connectivity index (χ4n) is 2.69. The molecule has 27 heavy (non-hydrogen) atoms. The van der Waals surface area contributed by atoms with Gasteiger partial charge in [0.2, 0.25) is 0 Å². The van der Waals surface area contributed by atoms with Crippen molar-refractivity contribution in [2.45, 2.75) is 19.9 Å². The molecule has 0 aliphatic heterocycles. The van der Waals surface area contributed by atoms with Crippen LogP contribution in [-0.2, 0) is 0 Å². The summed E-state index contributed by atoms with van der Waals surface area (Å²) in [6, 6.07) is 12.8. The molecule has 0 fully saturated rings. The van der Waals surface area contributed by atoms with Crippen LogP contribution >= 0.6 is 11.6 Å². The van der Waals surface area contributed by atoms with E-state index in [0.29, 0.717) is 27.9 Å². The van der Waals surface area contributed by atoms with Gasteiger partial charge in [-0.3, -0.25) is 9.78 Å². The molecule has 1 aromatic heterocycles. The summed E-state index contributed by atoms with van der Waals surface area (Å²) in [5.41, 5.74) is 9.46. The predicted octanol–water partition coefficient (Wildman–Crippen LogP) is 4.45. The molecule has 0 bridgehead atoms. The number of hydrogen-bond acceptors (Lipinski definition) is 5. The van der Waals surface area contributed by atoms with Crippen molar-refractivity contribution < 1.29 is 4.79 Å². The first-order chi connectivity index (χ1) is 12.9. The molecule has 1 heterocycles. The maximum atomic E-state index is 12.6. The number of amides is 1. The highest BCUT2D eigenvalue weighted by Crippen LogP contribution is 2.22. The molecule has 3 aromatic rings. The zero-order valence-corrected chi connectivity index (χ0v) is 15.8. The molecule has 7 heteroatoms. The average molecular weight is 382 g/mol. The van der Waals surface area contributed by atoms with Crippen LogP contribution in [0.25, 0.3) is 0 Å². The minimum atomic E-state index is -0.196. The van der Waals surface area contributed by atoms with Crippen LogP contribution in [0.3, 0.4) is 0 Å². The number of carbonyl (C=O) groups is 1. The van der Waals surface area contributed by atoms with E-state index in [1.54, 1.807) is 18.3 Å². The monoisotopic (exact) mass is 381 g/mol. The molecule has 0 spiro atoms.